The molecule has 0 aromatic carbocycles. The normalized spacial score (nSPS) is 12.5. The van der Waals surface area contributed by atoms with Crippen LogP contribution in [0.2, 0.25) is 0 Å². The van der Waals surface area contributed by atoms with E-state index in [1.807, 2.05) is 0 Å². The fourth-order valence-corrected chi connectivity index (χ4v) is 3.41. The van der Waals surface area contributed by atoms with Crippen LogP contribution in [0.4, 0.5) is 0 Å². The summed E-state index contributed by atoms with van der Waals surface area (Å²) in [6, 6.07) is 0. The lowest BCUT2D eigenvalue weighted by Gasteiger charge is -2.17. The molecule has 160 valence electrons. The Morgan fingerprint density at radius 1 is 0.704 bits per heavy atom. The molecule has 27 heavy (non-hydrogen) atoms. The van der Waals surface area contributed by atoms with Gasteiger partial charge in [0, 0.05) is 12.0 Å². The van der Waals surface area contributed by atoms with Crippen LogP contribution in [-0.4, -0.2) is 27.1 Å². The zero-order chi connectivity index (χ0) is 20.4. The third kappa shape index (κ3) is 18.3. The molecule has 0 aromatic rings. The van der Waals surface area contributed by atoms with Crippen molar-refractivity contribution in [3.05, 3.63) is 11.6 Å². The highest BCUT2D eigenvalue weighted by Gasteiger charge is 2.20. The predicted octanol–water partition coefficient (Wildman–Crippen LogP) is 6.35. The van der Waals surface area contributed by atoms with Crippen molar-refractivity contribution in [1.29, 1.82) is 0 Å². The average Bonchev–Trinajstić information content (AvgIpc) is 2.60. The van der Waals surface area contributed by atoms with Crippen molar-refractivity contribution in [1.82, 2.24) is 0 Å². The molecule has 0 unspecified atom stereocenters. The molecule has 0 rings (SSSR count). The third-order valence-electron chi connectivity index (χ3n) is 5.18. The number of unbranched alkanes of at least 4 members (excludes halogenated alkanes) is 15. The van der Waals surface area contributed by atoms with Gasteiger partial charge in [-0.1, -0.05) is 103 Å². The standard InChI is InChI=1S/C23H44O4/c1-3-4-5-6-7-8-9-10-11-12-13-14-15-16-17-18-19-23(26,27)20-21(2)22(24)25/h20,26-27H,3-19H2,1-2H3,(H,24,25). The lowest BCUT2D eigenvalue weighted by molar-refractivity contribution is -0.136. The molecule has 0 radical (unpaired) electrons. The molecular formula is C23H44O4. The Labute approximate surface area is 167 Å². The van der Waals surface area contributed by atoms with Gasteiger partial charge in [-0.3, -0.25) is 0 Å². The molecule has 0 saturated heterocycles. The number of hydrogen-bond donors (Lipinski definition) is 3. The Hall–Kier alpha value is -0.870. The molecule has 0 aromatic heterocycles. The smallest absolute Gasteiger partial charge is 0.331 e. The third-order valence-corrected chi connectivity index (χ3v) is 5.18. The van der Waals surface area contributed by atoms with Crippen LogP contribution in [0.3, 0.4) is 0 Å². The second kappa shape index (κ2) is 17.2. The van der Waals surface area contributed by atoms with E-state index in [0.717, 1.165) is 18.9 Å². The molecule has 0 aliphatic heterocycles. The van der Waals surface area contributed by atoms with Crippen LogP contribution < -0.4 is 0 Å². The molecule has 0 fully saturated rings. The van der Waals surface area contributed by atoms with Crippen LogP contribution >= 0.6 is 0 Å². The van der Waals surface area contributed by atoms with Gasteiger partial charge in [-0.25, -0.2) is 4.79 Å². The summed E-state index contributed by atoms with van der Waals surface area (Å²) in [7, 11) is 0. The molecule has 0 aliphatic rings. The average molecular weight is 385 g/mol. The second-order valence-electron chi connectivity index (χ2n) is 8.06. The highest BCUT2D eigenvalue weighted by atomic mass is 16.5. The van der Waals surface area contributed by atoms with Crippen molar-refractivity contribution in [2.24, 2.45) is 0 Å². The number of aliphatic carboxylic acids is 1. The van der Waals surface area contributed by atoms with Gasteiger partial charge >= 0.3 is 5.97 Å². The predicted molar refractivity (Wildman–Crippen MR) is 113 cm³/mol. The molecule has 4 nitrogen and oxygen atoms in total. The zero-order valence-corrected chi connectivity index (χ0v) is 17.8. The number of carboxylic acid groups (broad SMARTS) is 1. The first-order valence-corrected chi connectivity index (χ1v) is 11.3. The summed E-state index contributed by atoms with van der Waals surface area (Å²) in [5.41, 5.74) is -0.0310. The van der Waals surface area contributed by atoms with Gasteiger partial charge in [0.2, 0.25) is 0 Å². The molecule has 0 spiro atoms. The van der Waals surface area contributed by atoms with E-state index in [-0.39, 0.29) is 12.0 Å². The van der Waals surface area contributed by atoms with Gasteiger partial charge in [0.1, 0.15) is 0 Å². The Kier molecular flexibility index (Phi) is 16.7. The molecular weight excluding hydrogens is 340 g/mol. The highest BCUT2D eigenvalue weighted by molar-refractivity contribution is 5.85. The van der Waals surface area contributed by atoms with Gasteiger partial charge in [-0.2, -0.15) is 0 Å². The summed E-state index contributed by atoms with van der Waals surface area (Å²) in [6.07, 6.45) is 21.6. The summed E-state index contributed by atoms with van der Waals surface area (Å²) >= 11 is 0. The quantitative estimate of drug-likeness (QED) is 0.138. The van der Waals surface area contributed by atoms with Crippen molar-refractivity contribution in [2.45, 2.75) is 129 Å². The maximum absolute atomic E-state index is 10.7. The molecule has 0 saturated carbocycles. The lowest BCUT2D eigenvalue weighted by Crippen LogP contribution is -2.26. The van der Waals surface area contributed by atoms with Gasteiger partial charge in [-0.05, 0) is 19.4 Å². The van der Waals surface area contributed by atoms with E-state index < -0.39 is 11.8 Å². The maximum atomic E-state index is 10.7. The van der Waals surface area contributed by atoms with Crippen LogP contribution in [0, 0.1) is 0 Å². The summed E-state index contributed by atoms with van der Waals surface area (Å²) in [5, 5.41) is 28.3. The van der Waals surface area contributed by atoms with Gasteiger partial charge in [0.15, 0.2) is 5.79 Å². The van der Waals surface area contributed by atoms with Crippen LogP contribution in [0.25, 0.3) is 0 Å². The SMILES string of the molecule is CCCCCCCCCCCCCCCCCCC(O)(O)C=C(C)C(=O)O. The van der Waals surface area contributed by atoms with Gasteiger partial charge in [-0.15, -0.1) is 0 Å². The van der Waals surface area contributed by atoms with Gasteiger partial charge in [0.05, 0.1) is 0 Å². The highest BCUT2D eigenvalue weighted by Crippen LogP contribution is 2.18. The van der Waals surface area contributed by atoms with Crippen LogP contribution in [0.15, 0.2) is 11.6 Å². The minimum atomic E-state index is -2.00. The zero-order valence-electron chi connectivity index (χ0n) is 17.8. The molecule has 0 heterocycles. The summed E-state index contributed by atoms with van der Waals surface area (Å²) in [5.74, 6) is -3.12. The molecule has 4 heteroatoms. The first kappa shape index (κ1) is 26.1. The van der Waals surface area contributed by atoms with Crippen molar-refractivity contribution in [3.8, 4) is 0 Å². The van der Waals surface area contributed by atoms with Crippen molar-refractivity contribution >= 4 is 5.97 Å². The second-order valence-corrected chi connectivity index (χ2v) is 8.06. The van der Waals surface area contributed by atoms with E-state index >= 15 is 0 Å². The first-order valence-electron chi connectivity index (χ1n) is 11.3. The van der Waals surface area contributed by atoms with Crippen LogP contribution in [-0.2, 0) is 4.79 Å². The van der Waals surface area contributed by atoms with Crippen molar-refractivity contribution < 1.29 is 20.1 Å². The van der Waals surface area contributed by atoms with E-state index in [1.165, 1.54) is 90.4 Å². The number of carboxylic acids is 1. The lowest BCUT2D eigenvalue weighted by atomic mass is 10.0. The minimum absolute atomic E-state index is 0.0310. The summed E-state index contributed by atoms with van der Waals surface area (Å²) in [4.78, 5) is 10.7. The van der Waals surface area contributed by atoms with Crippen molar-refractivity contribution in [3.63, 3.8) is 0 Å². The molecule has 0 aliphatic carbocycles. The van der Waals surface area contributed by atoms with E-state index in [2.05, 4.69) is 6.92 Å². The van der Waals surface area contributed by atoms with Crippen LogP contribution in [0.5, 0.6) is 0 Å². The van der Waals surface area contributed by atoms with E-state index in [0.29, 0.717) is 6.42 Å². The number of hydrogen-bond acceptors (Lipinski definition) is 3. The fourth-order valence-electron chi connectivity index (χ4n) is 3.41. The largest absolute Gasteiger partial charge is 0.478 e. The Balaban J connectivity index is 3.36. The summed E-state index contributed by atoms with van der Waals surface area (Å²) < 4.78 is 0. The molecule has 0 atom stereocenters. The van der Waals surface area contributed by atoms with Gasteiger partial charge in [0.25, 0.3) is 0 Å². The molecule has 3 N–H and O–H groups in total. The Bertz CT molecular complexity index is 388. The summed E-state index contributed by atoms with van der Waals surface area (Å²) in [6.45, 7) is 3.63. The van der Waals surface area contributed by atoms with Gasteiger partial charge < -0.3 is 15.3 Å². The van der Waals surface area contributed by atoms with Crippen LogP contribution in [0.1, 0.15) is 123 Å². The van der Waals surface area contributed by atoms with Crippen molar-refractivity contribution in [2.75, 3.05) is 0 Å². The Morgan fingerprint density at radius 3 is 1.37 bits per heavy atom. The topological polar surface area (TPSA) is 77.8 Å². The Morgan fingerprint density at radius 2 is 1.04 bits per heavy atom. The number of aliphatic hydroxyl groups is 2. The van der Waals surface area contributed by atoms with E-state index in [1.54, 1.807) is 0 Å². The monoisotopic (exact) mass is 384 g/mol. The fraction of sp³-hybridized carbons (Fsp3) is 0.870. The molecule has 0 amide bonds. The maximum Gasteiger partial charge on any atom is 0.331 e. The molecule has 0 bridgehead atoms. The van der Waals surface area contributed by atoms with E-state index in [9.17, 15) is 15.0 Å². The minimum Gasteiger partial charge on any atom is -0.478 e. The number of rotatable bonds is 19. The van der Waals surface area contributed by atoms with E-state index in [4.69, 9.17) is 5.11 Å². The first-order chi connectivity index (χ1) is 12.9. The number of carbonyl (C=O) groups is 1.